The molecule has 1 aromatic heterocycles. The molecular formula is C16H18F3NO. The third-order valence-corrected chi connectivity index (χ3v) is 3.61. The van der Waals surface area contributed by atoms with Crippen LogP contribution in [0.4, 0.5) is 13.2 Å². The lowest BCUT2D eigenvalue weighted by atomic mass is 9.93. The predicted molar refractivity (Wildman–Crippen MR) is 75.2 cm³/mol. The molecule has 114 valence electrons. The molecule has 0 aliphatic heterocycles. The summed E-state index contributed by atoms with van der Waals surface area (Å²) in [4.78, 5) is 0. The second kappa shape index (κ2) is 5.93. The predicted octanol–water partition coefficient (Wildman–Crippen LogP) is 4.48. The quantitative estimate of drug-likeness (QED) is 0.900. The summed E-state index contributed by atoms with van der Waals surface area (Å²) in [7, 11) is 1.79. The maximum Gasteiger partial charge on any atom is 0.416 e. The molecule has 0 spiro atoms. The summed E-state index contributed by atoms with van der Waals surface area (Å²) in [6, 6.07) is 5.52. The van der Waals surface area contributed by atoms with Crippen molar-refractivity contribution in [2.24, 2.45) is 0 Å². The van der Waals surface area contributed by atoms with E-state index in [1.54, 1.807) is 20.2 Å². The van der Waals surface area contributed by atoms with Crippen LogP contribution in [0.2, 0.25) is 0 Å². The Morgan fingerprint density at radius 1 is 1.19 bits per heavy atom. The van der Waals surface area contributed by atoms with E-state index in [1.165, 1.54) is 12.1 Å². The average Bonchev–Trinajstić information content (AvgIpc) is 2.88. The van der Waals surface area contributed by atoms with Gasteiger partial charge in [0, 0.05) is 12.0 Å². The first-order valence-corrected chi connectivity index (χ1v) is 6.79. The molecule has 1 heterocycles. The lowest BCUT2D eigenvalue weighted by molar-refractivity contribution is -0.137. The Labute approximate surface area is 122 Å². The number of hydrogen-bond acceptors (Lipinski definition) is 2. The highest BCUT2D eigenvalue weighted by molar-refractivity contribution is 5.40. The van der Waals surface area contributed by atoms with Crippen molar-refractivity contribution < 1.29 is 17.6 Å². The Morgan fingerprint density at radius 3 is 2.43 bits per heavy atom. The second-order valence-electron chi connectivity index (χ2n) is 4.94. The van der Waals surface area contributed by atoms with Crippen LogP contribution in [0.3, 0.4) is 0 Å². The lowest BCUT2D eigenvalue weighted by Gasteiger charge is -2.20. The number of nitrogens with one attached hydrogen (secondary N) is 1. The number of benzene rings is 1. The van der Waals surface area contributed by atoms with Gasteiger partial charge in [0.25, 0.3) is 0 Å². The molecule has 0 aliphatic carbocycles. The number of alkyl halides is 3. The monoisotopic (exact) mass is 297 g/mol. The number of hydrogen-bond donors (Lipinski definition) is 1. The smallest absolute Gasteiger partial charge is 0.416 e. The van der Waals surface area contributed by atoms with E-state index in [2.05, 4.69) is 5.32 Å². The Kier molecular flexibility index (Phi) is 4.42. The number of aryl methyl sites for hydroxylation is 2. The van der Waals surface area contributed by atoms with Gasteiger partial charge in [-0.05, 0) is 43.3 Å². The van der Waals surface area contributed by atoms with Crippen LogP contribution in [0.15, 0.2) is 34.9 Å². The molecule has 0 amide bonds. The minimum atomic E-state index is -4.32. The molecule has 2 nitrogen and oxygen atoms in total. The van der Waals surface area contributed by atoms with Crippen molar-refractivity contribution in [2.45, 2.75) is 32.5 Å². The highest BCUT2D eigenvalue weighted by Crippen LogP contribution is 2.34. The summed E-state index contributed by atoms with van der Waals surface area (Å²) < 4.78 is 43.6. The summed E-state index contributed by atoms with van der Waals surface area (Å²) in [6.07, 6.45) is -1.97. The molecule has 21 heavy (non-hydrogen) atoms. The Bertz CT molecular complexity index is 616. The number of furan rings is 1. The fraction of sp³-hybridized carbons (Fsp3) is 0.375. The van der Waals surface area contributed by atoms with E-state index in [-0.39, 0.29) is 6.04 Å². The van der Waals surface area contributed by atoms with E-state index in [0.717, 1.165) is 29.4 Å². The van der Waals surface area contributed by atoms with Gasteiger partial charge in [-0.3, -0.25) is 0 Å². The van der Waals surface area contributed by atoms with E-state index in [0.29, 0.717) is 5.56 Å². The topological polar surface area (TPSA) is 25.2 Å². The maximum absolute atomic E-state index is 12.7. The summed E-state index contributed by atoms with van der Waals surface area (Å²) >= 11 is 0. The fourth-order valence-corrected chi connectivity index (χ4v) is 2.55. The molecule has 1 unspecified atom stereocenters. The summed E-state index contributed by atoms with van der Waals surface area (Å²) in [5.74, 6) is 0.841. The highest BCUT2D eigenvalue weighted by atomic mass is 19.4. The first-order valence-electron chi connectivity index (χ1n) is 6.79. The van der Waals surface area contributed by atoms with Gasteiger partial charge >= 0.3 is 6.18 Å². The van der Waals surface area contributed by atoms with Crippen molar-refractivity contribution in [1.29, 1.82) is 0 Å². The van der Waals surface area contributed by atoms with Crippen molar-refractivity contribution in [1.82, 2.24) is 5.32 Å². The summed E-state index contributed by atoms with van der Waals surface area (Å²) in [5.41, 5.74) is 1.76. The van der Waals surface area contributed by atoms with Crippen LogP contribution in [0.1, 0.15) is 41.0 Å². The van der Waals surface area contributed by atoms with Crippen LogP contribution in [0.25, 0.3) is 0 Å². The zero-order valence-corrected chi connectivity index (χ0v) is 12.2. The molecule has 0 aliphatic rings. The molecular weight excluding hydrogens is 279 g/mol. The van der Waals surface area contributed by atoms with E-state index < -0.39 is 11.7 Å². The molecule has 5 heteroatoms. The third kappa shape index (κ3) is 3.13. The lowest BCUT2D eigenvalue weighted by Crippen LogP contribution is -2.20. The molecule has 0 bridgehead atoms. The van der Waals surface area contributed by atoms with Crippen molar-refractivity contribution >= 4 is 0 Å². The van der Waals surface area contributed by atoms with Crippen LogP contribution < -0.4 is 5.32 Å². The fourth-order valence-electron chi connectivity index (χ4n) is 2.55. The van der Waals surface area contributed by atoms with Gasteiger partial charge in [-0.25, -0.2) is 0 Å². The van der Waals surface area contributed by atoms with Gasteiger partial charge in [0.2, 0.25) is 0 Å². The van der Waals surface area contributed by atoms with Crippen LogP contribution in [-0.4, -0.2) is 7.05 Å². The van der Waals surface area contributed by atoms with Crippen LogP contribution >= 0.6 is 0 Å². The molecule has 2 rings (SSSR count). The van der Waals surface area contributed by atoms with Crippen LogP contribution in [-0.2, 0) is 12.6 Å². The van der Waals surface area contributed by atoms with Crippen molar-refractivity contribution in [2.75, 3.05) is 7.05 Å². The minimum absolute atomic E-state index is 0.180. The summed E-state index contributed by atoms with van der Waals surface area (Å²) in [5, 5.41) is 3.15. The first kappa shape index (κ1) is 15.6. The molecule has 1 aromatic carbocycles. The van der Waals surface area contributed by atoms with Gasteiger partial charge in [-0.1, -0.05) is 13.0 Å². The normalized spacial score (nSPS) is 13.4. The van der Waals surface area contributed by atoms with Gasteiger partial charge in [0.05, 0.1) is 17.9 Å². The van der Waals surface area contributed by atoms with E-state index in [4.69, 9.17) is 4.42 Å². The SMILES string of the molecule is CCc1occc1C(NC)c1ccc(C(F)(F)F)cc1C. The van der Waals surface area contributed by atoms with Gasteiger partial charge in [0.1, 0.15) is 5.76 Å². The van der Waals surface area contributed by atoms with Crippen LogP contribution in [0, 0.1) is 6.92 Å². The largest absolute Gasteiger partial charge is 0.469 e. The number of rotatable bonds is 4. The second-order valence-corrected chi connectivity index (χ2v) is 4.94. The maximum atomic E-state index is 12.7. The van der Waals surface area contributed by atoms with Crippen molar-refractivity contribution in [3.05, 3.63) is 58.5 Å². The molecule has 2 aromatic rings. The summed E-state index contributed by atoms with van der Waals surface area (Å²) in [6.45, 7) is 3.68. The zero-order valence-electron chi connectivity index (χ0n) is 12.2. The van der Waals surface area contributed by atoms with Gasteiger partial charge in [-0.2, -0.15) is 13.2 Å². The Balaban J connectivity index is 2.44. The highest BCUT2D eigenvalue weighted by Gasteiger charge is 2.31. The first-order chi connectivity index (χ1) is 9.88. The van der Waals surface area contributed by atoms with Crippen LogP contribution in [0.5, 0.6) is 0 Å². The third-order valence-electron chi connectivity index (χ3n) is 3.61. The van der Waals surface area contributed by atoms with E-state index >= 15 is 0 Å². The van der Waals surface area contributed by atoms with Gasteiger partial charge < -0.3 is 9.73 Å². The van der Waals surface area contributed by atoms with Gasteiger partial charge in [0.15, 0.2) is 0 Å². The minimum Gasteiger partial charge on any atom is -0.469 e. The molecule has 0 saturated carbocycles. The molecule has 1 N–H and O–H groups in total. The van der Waals surface area contributed by atoms with E-state index in [1.807, 2.05) is 13.0 Å². The Morgan fingerprint density at radius 2 is 1.90 bits per heavy atom. The standard InChI is InChI=1S/C16H18F3NO/c1-4-14-13(7-8-21-14)15(20-3)12-6-5-11(9-10(12)2)16(17,18)19/h5-9,15,20H,4H2,1-3H3. The number of halogens is 3. The van der Waals surface area contributed by atoms with Crippen molar-refractivity contribution in [3.63, 3.8) is 0 Å². The van der Waals surface area contributed by atoms with Crippen molar-refractivity contribution in [3.8, 4) is 0 Å². The van der Waals surface area contributed by atoms with E-state index in [9.17, 15) is 13.2 Å². The zero-order chi connectivity index (χ0) is 15.6. The average molecular weight is 297 g/mol. The molecule has 0 saturated heterocycles. The van der Waals surface area contributed by atoms with Gasteiger partial charge in [-0.15, -0.1) is 0 Å². The molecule has 0 fully saturated rings. The Hall–Kier alpha value is -1.75. The molecule has 1 atom stereocenters. The molecule has 0 radical (unpaired) electrons.